The minimum atomic E-state index is 0.126. The summed E-state index contributed by atoms with van der Waals surface area (Å²) in [6.07, 6.45) is 5.70. The quantitative estimate of drug-likeness (QED) is 0.751. The summed E-state index contributed by atoms with van der Waals surface area (Å²) in [6, 6.07) is 14.5. The zero-order valence-electron chi connectivity index (χ0n) is 11.5. The lowest BCUT2D eigenvalue weighted by Crippen LogP contribution is -2.25. The van der Waals surface area contributed by atoms with E-state index in [1.165, 1.54) is 17.5 Å². The monoisotopic (exact) mass is 280 g/mol. The molecule has 0 saturated heterocycles. The van der Waals surface area contributed by atoms with Crippen molar-refractivity contribution in [3.05, 3.63) is 78.2 Å². The molecule has 1 aromatic carbocycles. The van der Waals surface area contributed by atoms with Gasteiger partial charge in [0.25, 0.3) is 0 Å². The van der Waals surface area contributed by atoms with Gasteiger partial charge in [0.15, 0.2) is 5.82 Å². The summed E-state index contributed by atoms with van der Waals surface area (Å²) < 4.78 is 4.74. The second-order valence-corrected chi connectivity index (χ2v) is 4.68. The molecular formula is C16H16N4O. The van der Waals surface area contributed by atoms with E-state index in [9.17, 15) is 0 Å². The maximum absolute atomic E-state index is 4.74. The summed E-state index contributed by atoms with van der Waals surface area (Å²) in [5, 5.41) is 7.36. The van der Waals surface area contributed by atoms with Gasteiger partial charge in [-0.05, 0) is 23.3 Å². The van der Waals surface area contributed by atoms with Crippen molar-refractivity contribution >= 4 is 0 Å². The molecule has 1 unspecified atom stereocenters. The Bertz CT molecular complexity index is 601. The number of nitrogens with one attached hydrogen (secondary N) is 1. The van der Waals surface area contributed by atoms with Crippen molar-refractivity contribution in [1.29, 1.82) is 0 Å². The van der Waals surface area contributed by atoms with Crippen LogP contribution < -0.4 is 5.32 Å². The average Bonchev–Trinajstić information content (AvgIpc) is 3.07. The molecule has 1 atom stereocenters. The molecule has 3 aromatic rings. The number of aromatic nitrogens is 3. The zero-order valence-corrected chi connectivity index (χ0v) is 11.5. The summed E-state index contributed by atoms with van der Waals surface area (Å²) in [7, 11) is 0. The lowest BCUT2D eigenvalue weighted by molar-refractivity contribution is 0.408. The number of nitrogens with zero attached hydrogens (tertiary/aromatic N) is 3. The number of hydrogen-bond acceptors (Lipinski definition) is 5. The van der Waals surface area contributed by atoms with Crippen LogP contribution in [-0.2, 0) is 6.42 Å². The van der Waals surface area contributed by atoms with Gasteiger partial charge in [0.1, 0.15) is 0 Å². The van der Waals surface area contributed by atoms with Gasteiger partial charge in [-0.25, -0.2) is 0 Å². The second-order valence-electron chi connectivity index (χ2n) is 4.68. The van der Waals surface area contributed by atoms with Crippen molar-refractivity contribution in [3.8, 4) is 0 Å². The molecule has 0 spiro atoms. The third-order valence-corrected chi connectivity index (χ3v) is 3.28. The molecule has 0 bridgehead atoms. The maximum Gasteiger partial charge on any atom is 0.213 e. The normalized spacial score (nSPS) is 12.2. The highest BCUT2D eigenvalue weighted by molar-refractivity contribution is 5.30. The molecule has 5 heteroatoms. The summed E-state index contributed by atoms with van der Waals surface area (Å²) >= 11 is 0. The summed E-state index contributed by atoms with van der Waals surface area (Å²) in [4.78, 5) is 8.11. The SMILES string of the molecule is c1ccc(C(NCCc2ncon2)c2ccncc2)cc1. The fraction of sp³-hybridized carbons (Fsp3) is 0.188. The summed E-state index contributed by atoms with van der Waals surface area (Å²) in [6.45, 7) is 0.765. The Balaban J connectivity index is 1.73. The Hall–Kier alpha value is -2.53. The van der Waals surface area contributed by atoms with Gasteiger partial charge in [0, 0.05) is 25.4 Å². The molecule has 0 aliphatic carbocycles. The van der Waals surface area contributed by atoms with Gasteiger partial charge in [-0.2, -0.15) is 4.98 Å². The van der Waals surface area contributed by atoms with E-state index in [0.29, 0.717) is 5.82 Å². The van der Waals surface area contributed by atoms with Crippen LogP contribution in [0.4, 0.5) is 0 Å². The van der Waals surface area contributed by atoms with E-state index in [1.807, 2.05) is 42.7 Å². The van der Waals surface area contributed by atoms with Crippen LogP contribution in [0.2, 0.25) is 0 Å². The molecule has 0 fully saturated rings. The van der Waals surface area contributed by atoms with Gasteiger partial charge in [0.05, 0.1) is 6.04 Å². The van der Waals surface area contributed by atoms with Crippen molar-refractivity contribution in [2.24, 2.45) is 0 Å². The zero-order chi connectivity index (χ0) is 14.3. The first-order valence-electron chi connectivity index (χ1n) is 6.87. The van der Waals surface area contributed by atoms with E-state index >= 15 is 0 Å². The first-order valence-corrected chi connectivity index (χ1v) is 6.87. The molecule has 21 heavy (non-hydrogen) atoms. The minimum Gasteiger partial charge on any atom is -0.343 e. The third-order valence-electron chi connectivity index (χ3n) is 3.28. The molecule has 106 valence electrons. The topological polar surface area (TPSA) is 63.8 Å². The highest BCUT2D eigenvalue weighted by Gasteiger charge is 2.13. The summed E-state index contributed by atoms with van der Waals surface area (Å²) in [5.41, 5.74) is 2.40. The van der Waals surface area contributed by atoms with E-state index < -0.39 is 0 Å². The predicted molar refractivity (Wildman–Crippen MR) is 78.5 cm³/mol. The minimum absolute atomic E-state index is 0.126. The Kier molecular flexibility index (Phi) is 4.33. The van der Waals surface area contributed by atoms with E-state index in [4.69, 9.17) is 4.52 Å². The standard InChI is InChI=1S/C16H16N4O/c1-2-4-13(5-3-1)16(14-6-9-17-10-7-14)18-11-8-15-19-12-21-20-15/h1-7,9-10,12,16,18H,8,11H2. The molecule has 5 nitrogen and oxygen atoms in total. The fourth-order valence-corrected chi connectivity index (χ4v) is 2.26. The van der Waals surface area contributed by atoms with Gasteiger partial charge in [-0.3, -0.25) is 4.98 Å². The van der Waals surface area contributed by atoms with Crippen molar-refractivity contribution in [3.63, 3.8) is 0 Å². The van der Waals surface area contributed by atoms with Gasteiger partial charge in [-0.1, -0.05) is 35.5 Å². The molecule has 0 aliphatic rings. The second kappa shape index (κ2) is 6.76. The number of benzene rings is 1. The predicted octanol–water partition coefficient (Wildman–Crippen LogP) is 2.39. The smallest absolute Gasteiger partial charge is 0.213 e. The third kappa shape index (κ3) is 3.52. The highest BCUT2D eigenvalue weighted by atomic mass is 16.5. The largest absolute Gasteiger partial charge is 0.343 e. The Morgan fingerprint density at radius 2 is 1.76 bits per heavy atom. The van der Waals surface area contributed by atoms with Gasteiger partial charge in [0.2, 0.25) is 6.39 Å². The number of pyridine rings is 1. The first kappa shape index (κ1) is 13.5. The molecule has 3 rings (SSSR count). The molecular weight excluding hydrogens is 264 g/mol. The van der Waals surface area contributed by atoms with E-state index in [0.717, 1.165) is 13.0 Å². The number of hydrogen-bond donors (Lipinski definition) is 1. The Labute approximate surface area is 123 Å². The molecule has 2 aromatic heterocycles. The van der Waals surface area contributed by atoms with Crippen LogP contribution in [0, 0.1) is 0 Å². The van der Waals surface area contributed by atoms with E-state index in [-0.39, 0.29) is 6.04 Å². The number of rotatable bonds is 6. The molecule has 1 N–H and O–H groups in total. The first-order chi connectivity index (χ1) is 10.4. The fourth-order valence-electron chi connectivity index (χ4n) is 2.26. The lowest BCUT2D eigenvalue weighted by atomic mass is 9.99. The lowest BCUT2D eigenvalue weighted by Gasteiger charge is -2.19. The van der Waals surface area contributed by atoms with Crippen molar-refractivity contribution < 1.29 is 4.52 Å². The molecule has 0 radical (unpaired) electrons. The van der Waals surface area contributed by atoms with Crippen LogP contribution in [0.25, 0.3) is 0 Å². The molecule has 0 aliphatic heterocycles. The Morgan fingerprint density at radius 1 is 1.00 bits per heavy atom. The maximum atomic E-state index is 4.74. The highest BCUT2D eigenvalue weighted by Crippen LogP contribution is 2.21. The molecule has 0 saturated carbocycles. The average molecular weight is 280 g/mol. The van der Waals surface area contributed by atoms with Crippen LogP contribution in [0.1, 0.15) is 23.0 Å². The molecule has 0 amide bonds. The van der Waals surface area contributed by atoms with Crippen LogP contribution in [0.3, 0.4) is 0 Å². The van der Waals surface area contributed by atoms with E-state index in [1.54, 1.807) is 0 Å². The van der Waals surface area contributed by atoms with Crippen LogP contribution in [0.15, 0.2) is 65.8 Å². The van der Waals surface area contributed by atoms with Crippen LogP contribution in [-0.4, -0.2) is 21.7 Å². The van der Waals surface area contributed by atoms with Crippen molar-refractivity contribution in [2.45, 2.75) is 12.5 Å². The van der Waals surface area contributed by atoms with Gasteiger partial charge in [-0.15, -0.1) is 0 Å². The van der Waals surface area contributed by atoms with Crippen LogP contribution in [0.5, 0.6) is 0 Å². The van der Waals surface area contributed by atoms with Gasteiger partial charge < -0.3 is 9.84 Å². The molecule has 2 heterocycles. The summed E-state index contributed by atoms with van der Waals surface area (Å²) in [5.74, 6) is 0.712. The van der Waals surface area contributed by atoms with Gasteiger partial charge >= 0.3 is 0 Å². The van der Waals surface area contributed by atoms with Crippen LogP contribution >= 0.6 is 0 Å². The Morgan fingerprint density at radius 3 is 2.48 bits per heavy atom. The van der Waals surface area contributed by atoms with Crippen molar-refractivity contribution in [2.75, 3.05) is 6.54 Å². The van der Waals surface area contributed by atoms with E-state index in [2.05, 4.69) is 32.6 Å². The van der Waals surface area contributed by atoms with Crippen molar-refractivity contribution in [1.82, 2.24) is 20.4 Å².